The summed E-state index contributed by atoms with van der Waals surface area (Å²) < 4.78 is 13.2. The van der Waals surface area contributed by atoms with Gasteiger partial charge in [-0.05, 0) is 80.0 Å². The van der Waals surface area contributed by atoms with Gasteiger partial charge in [-0.1, -0.05) is 12.1 Å². The van der Waals surface area contributed by atoms with E-state index in [2.05, 4.69) is 0 Å². The Kier molecular flexibility index (Phi) is 3.98. The van der Waals surface area contributed by atoms with Crippen LogP contribution in [0.25, 0.3) is 0 Å². The van der Waals surface area contributed by atoms with Crippen LogP contribution in [0.1, 0.15) is 53.1 Å². The monoisotopic (exact) mass is 339 g/mol. The summed E-state index contributed by atoms with van der Waals surface area (Å²) in [6.07, 6.45) is 3.94. The van der Waals surface area contributed by atoms with Crippen LogP contribution in [0.3, 0.4) is 0 Å². The maximum Gasteiger partial charge on any atom is 0.254 e. The van der Waals surface area contributed by atoms with Crippen LogP contribution in [0, 0.1) is 12.7 Å². The highest BCUT2D eigenvalue weighted by Gasteiger charge is 2.43. The van der Waals surface area contributed by atoms with Gasteiger partial charge in [0, 0.05) is 17.6 Å². The van der Waals surface area contributed by atoms with Gasteiger partial charge in [0.25, 0.3) is 5.91 Å². The SMILES string of the molecule is Cc1cc(C(=O)N2[C@@H]3CC[C@H]2C[C@@H](c2ccc(F)cc2)C3)ccc1O. The van der Waals surface area contributed by atoms with Crippen LogP contribution in [-0.2, 0) is 0 Å². The second kappa shape index (κ2) is 6.17. The largest absolute Gasteiger partial charge is 0.508 e. The highest BCUT2D eigenvalue weighted by molar-refractivity contribution is 5.95. The van der Waals surface area contributed by atoms with Crippen molar-refractivity contribution in [2.75, 3.05) is 0 Å². The standard InChI is InChI=1S/C21H22FNO2/c1-13-10-15(4-9-20(13)24)21(25)23-18-7-8-19(23)12-16(11-18)14-2-5-17(22)6-3-14/h2-6,9-10,16,18-19,24H,7-8,11-12H2,1H3/t16-,18+,19-. The molecule has 2 heterocycles. The summed E-state index contributed by atoms with van der Waals surface area (Å²) in [6, 6.07) is 12.4. The van der Waals surface area contributed by atoms with Gasteiger partial charge < -0.3 is 10.0 Å². The molecule has 1 N–H and O–H groups in total. The van der Waals surface area contributed by atoms with E-state index in [1.165, 1.54) is 17.7 Å². The number of carbonyl (C=O) groups is 1. The third-order valence-corrected chi connectivity index (χ3v) is 5.75. The van der Waals surface area contributed by atoms with Crippen molar-refractivity contribution in [1.29, 1.82) is 0 Å². The number of hydrogen-bond acceptors (Lipinski definition) is 2. The van der Waals surface area contributed by atoms with E-state index in [-0.39, 0.29) is 29.6 Å². The van der Waals surface area contributed by atoms with Gasteiger partial charge in [0.2, 0.25) is 0 Å². The van der Waals surface area contributed by atoms with Crippen LogP contribution >= 0.6 is 0 Å². The van der Waals surface area contributed by atoms with Gasteiger partial charge in [-0.25, -0.2) is 4.39 Å². The number of amides is 1. The lowest BCUT2D eigenvalue weighted by Crippen LogP contribution is -2.46. The molecule has 0 radical (unpaired) electrons. The van der Waals surface area contributed by atoms with Gasteiger partial charge in [-0.2, -0.15) is 0 Å². The Morgan fingerprint density at radius 1 is 1.08 bits per heavy atom. The molecule has 130 valence electrons. The lowest BCUT2D eigenvalue weighted by molar-refractivity contribution is 0.0571. The summed E-state index contributed by atoms with van der Waals surface area (Å²) in [5.74, 6) is 0.466. The normalized spacial score (nSPS) is 25.2. The predicted molar refractivity (Wildman–Crippen MR) is 94.2 cm³/mol. The Morgan fingerprint density at radius 3 is 2.32 bits per heavy atom. The molecule has 2 saturated heterocycles. The zero-order valence-electron chi connectivity index (χ0n) is 14.3. The van der Waals surface area contributed by atoms with Crippen LogP contribution in [0.4, 0.5) is 4.39 Å². The van der Waals surface area contributed by atoms with Crippen LogP contribution in [-0.4, -0.2) is 28.0 Å². The molecule has 0 spiro atoms. The summed E-state index contributed by atoms with van der Waals surface area (Å²) >= 11 is 0. The maximum absolute atomic E-state index is 13.2. The molecular weight excluding hydrogens is 317 g/mol. The number of carbonyl (C=O) groups excluding carboxylic acids is 1. The van der Waals surface area contributed by atoms with E-state index in [0.717, 1.165) is 31.2 Å². The van der Waals surface area contributed by atoms with Crippen molar-refractivity contribution in [1.82, 2.24) is 4.90 Å². The van der Waals surface area contributed by atoms with E-state index in [4.69, 9.17) is 0 Å². The maximum atomic E-state index is 13.2. The molecule has 1 amide bonds. The summed E-state index contributed by atoms with van der Waals surface area (Å²) in [5, 5.41) is 9.68. The minimum atomic E-state index is -0.206. The Bertz CT molecular complexity index is 788. The van der Waals surface area contributed by atoms with Crippen molar-refractivity contribution < 1.29 is 14.3 Å². The summed E-state index contributed by atoms with van der Waals surface area (Å²) in [7, 11) is 0. The third-order valence-electron chi connectivity index (χ3n) is 5.75. The molecule has 4 rings (SSSR count). The number of aromatic hydroxyl groups is 1. The second-order valence-corrected chi connectivity index (χ2v) is 7.32. The van der Waals surface area contributed by atoms with Gasteiger partial charge in [0.05, 0.1) is 0 Å². The zero-order valence-corrected chi connectivity index (χ0v) is 14.3. The lowest BCUT2D eigenvalue weighted by atomic mass is 9.84. The van der Waals surface area contributed by atoms with E-state index in [1.54, 1.807) is 18.2 Å². The number of nitrogens with zero attached hydrogens (tertiary/aromatic N) is 1. The van der Waals surface area contributed by atoms with Gasteiger partial charge in [-0.3, -0.25) is 4.79 Å². The molecule has 2 aromatic rings. The first-order chi connectivity index (χ1) is 12.0. The molecular formula is C21H22FNO2. The summed E-state index contributed by atoms with van der Waals surface area (Å²) in [6.45, 7) is 1.81. The number of benzene rings is 2. The fourth-order valence-electron chi connectivity index (χ4n) is 4.45. The first kappa shape index (κ1) is 16.1. The number of rotatable bonds is 2. The average molecular weight is 339 g/mol. The fourth-order valence-corrected chi connectivity index (χ4v) is 4.45. The Morgan fingerprint density at radius 2 is 1.72 bits per heavy atom. The number of halogens is 1. The summed E-state index contributed by atoms with van der Waals surface area (Å²) in [4.78, 5) is 15.1. The molecule has 3 atom stereocenters. The number of phenolic OH excluding ortho intramolecular Hbond substituents is 1. The average Bonchev–Trinajstić information content (AvgIpc) is 2.87. The first-order valence-electron chi connectivity index (χ1n) is 8.90. The van der Waals surface area contributed by atoms with E-state index >= 15 is 0 Å². The van der Waals surface area contributed by atoms with Crippen molar-refractivity contribution in [3.63, 3.8) is 0 Å². The fraction of sp³-hybridized carbons (Fsp3) is 0.381. The number of phenols is 1. The van der Waals surface area contributed by atoms with Crippen LogP contribution in [0.5, 0.6) is 5.75 Å². The Balaban J connectivity index is 1.55. The smallest absolute Gasteiger partial charge is 0.254 e. The van der Waals surface area contributed by atoms with E-state index in [1.807, 2.05) is 24.0 Å². The van der Waals surface area contributed by atoms with Crippen LogP contribution < -0.4 is 0 Å². The van der Waals surface area contributed by atoms with E-state index in [9.17, 15) is 14.3 Å². The molecule has 0 aromatic heterocycles. The van der Waals surface area contributed by atoms with E-state index < -0.39 is 0 Å². The van der Waals surface area contributed by atoms with Gasteiger partial charge in [0.15, 0.2) is 0 Å². The van der Waals surface area contributed by atoms with Gasteiger partial charge in [0.1, 0.15) is 11.6 Å². The first-order valence-corrected chi connectivity index (χ1v) is 8.90. The molecule has 0 unspecified atom stereocenters. The number of aryl methyl sites for hydroxylation is 1. The zero-order chi connectivity index (χ0) is 17.6. The van der Waals surface area contributed by atoms with E-state index in [0.29, 0.717) is 11.5 Å². The Hall–Kier alpha value is -2.36. The minimum absolute atomic E-state index is 0.0631. The predicted octanol–water partition coefficient (Wildman–Crippen LogP) is 4.39. The molecule has 2 bridgehead atoms. The molecule has 2 fully saturated rings. The molecule has 3 nitrogen and oxygen atoms in total. The molecule has 0 aliphatic carbocycles. The van der Waals surface area contributed by atoms with Crippen molar-refractivity contribution in [3.05, 3.63) is 65.0 Å². The lowest BCUT2D eigenvalue weighted by Gasteiger charge is -2.39. The molecule has 2 aromatic carbocycles. The Labute approximate surface area is 147 Å². The van der Waals surface area contributed by atoms with Crippen molar-refractivity contribution >= 4 is 5.91 Å². The quantitative estimate of drug-likeness (QED) is 0.881. The van der Waals surface area contributed by atoms with Gasteiger partial charge in [-0.15, -0.1) is 0 Å². The van der Waals surface area contributed by atoms with Crippen LogP contribution in [0.2, 0.25) is 0 Å². The minimum Gasteiger partial charge on any atom is -0.508 e. The molecule has 2 aliphatic rings. The topological polar surface area (TPSA) is 40.5 Å². The van der Waals surface area contributed by atoms with Crippen LogP contribution in [0.15, 0.2) is 42.5 Å². The van der Waals surface area contributed by atoms with Crippen molar-refractivity contribution in [2.24, 2.45) is 0 Å². The van der Waals surface area contributed by atoms with Crippen molar-refractivity contribution in [3.8, 4) is 5.75 Å². The highest BCUT2D eigenvalue weighted by atomic mass is 19.1. The second-order valence-electron chi connectivity index (χ2n) is 7.32. The highest BCUT2D eigenvalue weighted by Crippen LogP contribution is 2.43. The summed E-state index contributed by atoms with van der Waals surface area (Å²) in [5.41, 5.74) is 2.54. The molecule has 4 heteroatoms. The molecule has 0 saturated carbocycles. The number of piperidine rings is 1. The van der Waals surface area contributed by atoms with Crippen molar-refractivity contribution in [2.45, 2.75) is 50.6 Å². The van der Waals surface area contributed by atoms with Gasteiger partial charge >= 0.3 is 0 Å². The number of hydrogen-bond donors (Lipinski definition) is 1. The number of fused-ring (bicyclic) bond motifs is 2. The molecule has 25 heavy (non-hydrogen) atoms. The molecule has 2 aliphatic heterocycles. The third kappa shape index (κ3) is 2.90.